The van der Waals surface area contributed by atoms with Crippen LogP contribution in [0.3, 0.4) is 0 Å². The molecule has 0 heterocycles. The fourth-order valence-corrected chi connectivity index (χ4v) is 3.11. The average Bonchev–Trinajstić information content (AvgIpc) is 2.68. The van der Waals surface area contributed by atoms with Gasteiger partial charge in [0.05, 0.1) is 0 Å². The normalized spacial score (nSPS) is 26.7. The molecule has 0 aliphatic heterocycles. The van der Waals surface area contributed by atoms with Gasteiger partial charge in [0.1, 0.15) is 11.2 Å². The van der Waals surface area contributed by atoms with Crippen LogP contribution in [0.25, 0.3) is 0 Å². The summed E-state index contributed by atoms with van der Waals surface area (Å²) >= 11 is 5.83. The summed E-state index contributed by atoms with van der Waals surface area (Å²) in [4.78, 5) is 12.9. The molecule has 1 aliphatic carbocycles. The SMILES string of the molecule is C=C(Cl)/C=C(\C=CC)O[C@]1(O)c2ccccc2C(=O)[C@]1(C)CCO. The largest absolute Gasteiger partial charge is 0.457 e. The van der Waals surface area contributed by atoms with Crippen molar-refractivity contribution in [3.05, 3.63) is 71.0 Å². The maximum atomic E-state index is 12.9. The van der Waals surface area contributed by atoms with Crippen LogP contribution in [0.15, 0.2) is 59.9 Å². The lowest BCUT2D eigenvalue weighted by atomic mass is 9.78. The Balaban J connectivity index is 2.61. The molecule has 0 bridgehead atoms. The smallest absolute Gasteiger partial charge is 0.248 e. The second kappa shape index (κ2) is 6.93. The van der Waals surface area contributed by atoms with Crippen molar-refractivity contribution in [2.75, 3.05) is 6.61 Å². The standard InChI is InChI=1S/C19H21ClO4/c1-4-7-14(12-13(2)20)24-19(23)16-9-6-5-8-15(16)17(22)18(19,3)10-11-21/h4-9,12,21,23H,2,10-11H2,1,3H3/b7-4?,14-12+/t18-,19+/m0/s1. The number of benzene rings is 1. The molecule has 5 heteroatoms. The number of rotatable bonds is 6. The number of halogens is 1. The van der Waals surface area contributed by atoms with Crippen LogP contribution in [0.2, 0.25) is 0 Å². The Morgan fingerprint density at radius 2 is 2.08 bits per heavy atom. The lowest BCUT2D eigenvalue weighted by Gasteiger charge is -2.38. The van der Waals surface area contributed by atoms with Crippen molar-refractivity contribution >= 4 is 17.4 Å². The second-order valence-corrected chi connectivity index (χ2v) is 6.41. The molecule has 2 atom stereocenters. The molecule has 1 aromatic carbocycles. The van der Waals surface area contributed by atoms with Crippen LogP contribution in [0.5, 0.6) is 0 Å². The summed E-state index contributed by atoms with van der Waals surface area (Å²) in [6.45, 7) is 6.72. The minimum absolute atomic E-state index is 0.0575. The summed E-state index contributed by atoms with van der Waals surface area (Å²) in [6.07, 6.45) is 4.86. The molecule has 2 rings (SSSR count). The summed E-state index contributed by atoms with van der Waals surface area (Å²) in [5, 5.41) is 21.0. The maximum absolute atomic E-state index is 12.9. The Hall–Kier alpha value is -1.88. The highest BCUT2D eigenvalue weighted by Gasteiger charge is 2.62. The molecule has 0 spiro atoms. The van der Waals surface area contributed by atoms with Gasteiger partial charge in [0, 0.05) is 22.8 Å². The fourth-order valence-electron chi connectivity index (χ4n) is 3.00. The number of carbonyl (C=O) groups is 1. The molecular formula is C19H21ClO4. The van der Waals surface area contributed by atoms with Crippen molar-refractivity contribution < 1.29 is 19.7 Å². The van der Waals surface area contributed by atoms with E-state index in [9.17, 15) is 15.0 Å². The summed E-state index contributed by atoms with van der Waals surface area (Å²) in [6, 6.07) is 6.75. The third kappa shape index (κ3) is 2.93. The molecule has 2 N–H and O–H groups in total. The Morgan fingerprint density at radius 1 is 1.42 bits per heavy atom. The van der Waals surface area contributed by atoms with E-state index in [1.807, 2.05) is 0 Å². The van der Waals surface area contributed by atoms with Crippen molar-refractivity contribution in [2.45, 2.75) is 26.1 Å². The van der Waals surface area contributed by atoms with Gasteiger partial charge < -0.3 is 14.9 Å². The van der Waals surface area contributed by atoms with Crippen LogP contribution in [0.4, 0.5) is 0 Å². The molecule has 1 aromatic rings. The van der Waals surface area contributed by atoms with Gasteiger partial charge in [0.15, 0.2) is 5.78 Å². The quantitative estimate of drug-likeness (QED) is 0.468. The van der Waals surface area contributed by atoms with Crippen LogP contribution in [0, 0.1) is 5.41 Å². The highest BCUT2D eigenvalue weighted by atomic mass is 35.5. The zero-order valence-electron chi connectivity index (χ0n) is 13.8. The number of hydrogen-bond acceptors (Lipinski definition) is 4. The molecule has 0 unspecified atom stereocenters. The molecule has 128 valence electrons. The average molecular weight is 349 g/mol. The Morgan fingerprint density at radius 3 is 2.67 bits per heavy atom. The minimum atomic E-state index is -1.92. The van der Waals surface area contributed by atoms with Gasteiger partial charge in [-0.2, -0.15) is 0 Å². The first kappa shape index (κ1) is 18.5. The first-order chi connectivity index (χ1) is 11.3. The predicted octanol–water partition coefficient (Wildman–Crippen LogP) is 3.65. The van der Waals surface area contributed by atoms with Gasteiger partial charge >= 0.3 is 0 Å². The van der Waals surface area contributed by atoms with Gasteiger partial charge in [0.25, 0.3) is 0 Å². The van der Waals surface area contributed by atoms with Gasteiger partial charge in [-0.3, -0.25) is 4.79 Å². The zero-order valence-corrected chi connectivity index (χ0v) is 14.5. The lowest BCUT2D eigenvalue weighted by molar-refractivity contribution is -0.238. The fraction of sp³-hybridized carbons (Fsp3) is 0.316. The molecule has 0 saturated heterocycles. The number of aliphatic hydroxyl groups is 2. The van der Waals surface area contributed by atoms with Crippen LogP contribution in [-0.2, 0) is 10.5 Å². The highest BCUT2D eigenvalue weighted by Crippen LogP contribution is 2.53. The van der Waals surface area contributed by atoms with E-state index in [0.29, 0.717) is 11.1 Å². The first-order valence-corrected chi connectivity index (χ1v) is 8.03. The molecule has 0 aromatic heterocycles. The molecule has 1 aliphatic rings. The van der Waals surface area contributed by atoms with Crippen molar-refractivity contribution in [3.8, 4) is 0 Å². The van der Waals surface area contributed by atoms with E-state index >= 15 is 0 Å². The second-order valence-electron chi connectivity index (χ2n) is 5.92. The first-order valence-electron chi connectivity index (χ1n) is 7.65. The van der Waals surface area contributed by atoms with E-state index in [4.69, 9.17) is 16.3 Å². The number of ketones is 1. The summed E-state index contributed by atoms with van der Waals surface area (Å²) in [5.74, 6) is -1.91. The Bertz CT molecular complexity index is 722. The number of hydrogen-bond donors (Lipinski definition) is 2. The molecule has 0 saturated carbocycles. The zero-order chi connectivity index (χ0) is 18.0. The monoisotopic (exact) mass is 348 g/mol. The molecular weight excluding hydrogens is 328 g/mol. The van der Waals surface area contributed by atoms with Gasteiger partial charge in [0.2, 0.25) is 5.79 Å². The summed E-state index contributed by atoms with van der Waals surface area (Å²) < 4.78 is 5.87. The van der Waals surface area contributed by atoms with E-state index in [1.54, 1.807) is 50.3 Å². The van der Waals surface area contributed by atoms with Gasteiger partial charge in [-0.25, -0.2) is 0 Å². The van der Waals surface area contributed by atoms with Crippen LogP contribution >= 0.6 is 11.6 Å². The van der Waals surface area contributed by atoms with Crippen molar-refractivity contribution in [1.29, 1.82) is 0 Å². The summed E-state index contributed by atoms with van der Waals surface area (Å²) in [5.41, 5.74) is -0.554. The van der Waals surface area contributed by atoms with Crippen molar-refractivity contribution in [2.24, 2.45) is 5.41 Å². The highest BCUT2D eigenvalue weighted by molar-refractivity contribution is 6.30. The van der Waals surface area contributed by atoms with Gasteiger partial charge in [-0.1, -0.05) is 48.5 Å². The number of carbonyl (C=O) groups excluding carboxylic acids is 1. The van der Waals surface area contributed by atoms with E-state index in [-0.39, 0.29) is 29.6 Å². The third-order valence-electron chi connectivity index (χ3n) is 4.29. The van der Waals surface area contributed by atoms with E-state index in [2.05, 4.69) is 6.58 Å². The molecule has 0 fully saturated rings. The van der Waals surface area contributed by atoms with Crippen LogP contribution in [0.1, 0.15) is 36.2 Å². The third-order valence-corrected chi connectivity index (χ3v) is 4.40. The number of Topliss-reactive ketones (excluding diaryl/α,β-unsaturated/α-hetero) is 1. The maximum Gasteiger partial charge on any atom is 0.248 e. The minimum Gasteiger partial charge on any atom is -0.457 e. The van der Waals surface area contributed by atoms with Crippen LogP contribution < -0.4 is 0 Å². The number of aliphatic hydroxyl groups excluding tert-OH is 1. The molecule has 24 heavy (non-hydrogen) atoms. The number of fused-ring (bicyclic) bond motifs is 1. The lowest BCUT2D eigenvalue weighted by Crippen LogP contribution is -2.46. The van der Waals surface area contributed by atoms with E-state index in [0.717, 1.165) is 0 Å². The van der Waals surface area contributed by atoms with Gasteiger partial charge in [-0.15, -0.1) is 0 Å². The topological polar surface area (TPSA) is 66.8 Å². The summed E-state index contributed by atoms with van der Waals surface area (Å²) in [7, 11) is 0. The molecule has 4 nitrogen and oxygen atoms in total. The number of allylic oxidation sites excluding steroid dienone is 4. The molecule has 0 amide bonds. The Kier molecular flexibility index (Phi) is 5.33. The van der Waals surface area contributed by atoms with Crippen molar-refractivity contribution in [3.63, 3.8) is 0 Å². The Labute approximate surface area is 146 Å². The van der Waals surface area contributed by atoms with Crippen LogP contribution in [-0.4, -0.2) is 22.6 Å². The van der Waals surface area contributed by atoms with Crippen molar-refractivity contribution in [1.82, 2.24) is 0 Å². The van der Waals surface area contributed by atoms with Gasteiger partial charge in [-0.05, 0) is 32.4 Å². The number of ether oxygens (including phenoxy) is 1. The predicted molar refractivity (Wildman–Crippen MR) is 93.5 cm³/mol. The van der Waals surface area contributed by atoms with E-state index in [1.165, 1.54) is 6.08 Å². The van der Waals surface area contributed by atoms with E-state index < -0.39 is 11.2 Å². The molecule has 0 radical (unpaired) electrons.